The lowest BCUT2D eigenvalue weighted by atomic mass is 9.98. The molecule has 2 aromatic rings. The minimum Gasteiger partial charge on any atom is -0.337 e. The lowest BCUT2D eigenvalue weighted by Gasteiger charge is -2.17. The van der Waals surface area contributed by atoms with Gasteiger partial charge in [-0.3, -0.25) is 14.9 Å². The van der Waals surface area contributed by atoms with E-state index in [1.54, 1.807) is 12.1 Å². The van der Waals surface area contributed by atoms with E-state index in [4.69, 9.17) is 5.73 Å². The Kier molecular flexibility index (Phi) is 4.50. The van der Waals surface area contributed by atoms with E-state index < -0.39 is 4.92 Å². The van der Waals surface area contributed by atoms with Gasteiger partial charge < -0.3 is 10.6 Å². The van der Waals surface area contributed by atoms with Gasteiger partial charge in [-0.25, -0.2) is 0 Å². The number of fused-ring (bicyclic) bond motifs is 2. The number of nitro benzene ring substituents is 1. The van der Waals surface area contributed by atoms with E-state index in [2.05, 4.69) is 0 Å². The summed E-state index contributed by atoms with van der Waals surface area (Å²) < 4.78 is 0.898. The molecule has 1 aliphatic heterocycles. The van der Waals surface area contributed by atoms with Gasteiger partial charge in [0, 0.05) is 41.4 Å². The maximum Gasteiger partial charge on any atom is 0.270 e. The van der Waals surface area contributed by atoms with Crippen LogP contribution in [0.1, 0.15) is 22.5 Å². The Morgan fingerprint density at radius 3 is 2.79 bits per heavy atom. The molecule has 0 radical (unpaired) electrons. The molecule has 1 amide bonds. The predicted molar refractivity (Wildman–Crippen MR) is 95.8 cm³/mol. The largest absolute Gasteiger partial charge is 0.337 e. The molecule has 1 saturated heterocycles. The summed E-state index contributed by atoms with van der Waals surface area (Å²) in [6, 6.07) is 6.69. The first kappa shape index (κ1) is 17.1. The van der Waals surface area contributed by atoms with Crippen molar-refractivity contribution in [2.45, 2.75) is 18.9 Å². The highest BCUT2D eigenvalue weighted by atomic mass is 35.5. The smallest absolute Gasteiger partial charge is 0.270 e. The number of hydrogen-bond acceptors (Lipinski definition) is 5. The van der Waals surface area contributed by atoms with Crippen LogP contribution in [0, 0.1) is 22.0 Å². The Labute approximate surface area is 149 Å². The van der Waals surface area contributed by atoms with Gasteiger partial charge in [0.25, 0.3) is 11.6 Å². The summed E-state index contributed by atoms with van der Waals surface area (Å²) in [5.41, 5.74) is 6.18. The third-order valence-corrected chi connectivity index (χ3v) is 6.23. The average Bonchev–Trinajstić information content (AvgIpc) is 3.21. The number of carbonyl (C=O) groups excluding carboxylic acids is 1. The monoisotopic (exact) mass is 367 g/mol. The molecule has 1 aromatic heterocycles. The van der Waals surface area contributed by atoms with Crippen LogP contribution < -0.4 is 5.73 Å². The highest BCUT2D eigenvalue weighted by Gasteiger charge is 2.42. The van der Waals surface area contributed by atoms with Crippen molar-refractivity contribution in [3.8, 4) is 0 Å². The van der Waals surface area contributed by atoms with Crippen LogP contribution in [-0.4, -0.2) is 34.9 Å². The van der Waals surface area contributed by atoms with Crippen LogP contribution >= 0.6 is 23.7 Å². The quantitative estimate of drug-likeness (QED) is 0.652. The summed E-state index contributed by atoms with van der Waals surface area (Å²) in [4.78, 5) is 25.7. The van der Waals surface area contributed by atoms with Crippen LogP contribution in [0.15, 0.2) is 24.3 Å². The molecule has 0 spiro atoms. The van der Waals surface area contributed by atoms with Gasteiger partial charge in [0.15, 0.2) is 0 Å². The molecule has 0 bridgehead atoms. The van der Waals surface area contributed by atoms with Crippen LogP contribution in [0.3, 0.4) is 0 Å². The highest BCUT2D eigenvalue weighted by molar-refractivity contribution is 7.20. The Morgan fingerprint density at radius 1 is 1.29 bits per heavy atom. The third-order valence-electron chi connectivity index (χ3n) is 5.12. The molecular formula is C16H18ClN3O3S. The number of carbonyl (C=O) groups is 1. The summed E-state index contributed by atoms with van der Waals surface area (Å²) in [7, 11) is 0. The summed E-state index contributed by atoms with van der Waals surface area (Å²) in [5, 5.41) is 11.6. The van der Waals surface area contributed by atoms with Crippen molar-refractivity contribution in [3.05, 3.63) is 39.3 Å². The number of nitrogens with zero attached hydrogens (tertiary/aromatic N) is 2. The van der Waals surface area contributed by atoms with Crippen LogP contribution in [0.5, 0.6) is 0 Å². The lowest BCUT2D eigenvalue weighted by molar-refractivity contribution is -0.384. The van der Waals surface area contributed by atoms with E-state index in [9.17, 15) is 14.9 Å². The molecule has 8 heteroatoms. The second kappa shape index (κ2) is 6.31. The van der Waals surface area contributed by atoms with Gasteiger partial charge in [0.2, 0.25) is 0 Å². The van der Waals surface area contributed by atoms with Crippen molar-refractivity contribution >= 4 is 45.4 Å². The number of rotatable bonds is 2. The van der Waals surface area contributed by atoms with Gasteiger partial charge >= 0.3 is 0 Å². The first-order valence-corrected chi connectivity index (χ1v) is 8.57. The van der Waals surface area contributed by atoms with E-state index in [1.165, 1.54) is 23.5 Å². The topological polar surface area (TPSA) is 89.5 Å². The second-order valence-corrected chi connectivity index (χ2v) is 7.55. The third kappa shape index (κ3) is 2.76. The van der Waals surface area contributed by atoms with Gasteiger partial charge in [-0.1, -0.05) is 0 Å². The van der Waals surface area contributed by atoms with Crippen molar-refractivity contribution in [1.29, 1.82) is 0 Å². The molecule has 2 aliphatic rings. The van der Waals surface area contributed by atoms with Crippen molar-refractivity contribution in [1.82, 2.24) is 4.90 Å². The molecule has 2 fully saturated rings. The molecule has 1 aliphatic carbocycles. The van der Waals surface area contributed by atoms with Crippen LogP contribution in [0.2, 0.25) is 0 Å². The molecule has 2 heterocycles. The van der Waals surface area contributed by atoms with Crippen LogP contribution in [0.25, 0.3) is 10.1 Å². The second-order valence-electron chi connectivity index (χ2n) is 6.47. The average molecular weight is 368 g/mol. The molecule has 3 unspecified atom stereocenters. The summed E-state index contributed by atoms with van der Waals surface area (Å²) in [6.45, 7) is 1.52. The Bertz CT molecular complexity index is 809. The number of nitro groups is 1. The number of amides is 1. The van der Waals surface area contributed by atoms with Crippen molar-refractivity contribution in [3.63, 3.8) is 0 Å². The van der Waals surface area contributed by atoms with Gasteiger partial charge in [0.05, 0.1) is 9.80 Å². The van der Waals surface area contributed by atoms with Crippen molar-refractivity contribution in [2.24, 2.45) is 17.6 Å². The molecule has 3 atom stereocenters. The molecule has 128 valence electrons. The van der Waals surface area contributed by atoms with Crippen molar-refractivity contribution in [2.75, 3.05) is 13.1 Å². The molecule has 1 saturated carbocycles. The maximum absolute atomic E-state index is 12.7. The zero-order valence-electron chi connectivity index (χ0n) is 12.9. The number of hydrogen-bond donors (Lipinski definition) is 1. The number of benzene rings is 1. The van der Waals surface area contributed by atoms with Gasteiger partial charge in [0.1, 0.15) is 0 Å². The van der Waals surface area contributed by atoms with Gasteiger partial charge in [-0.15, -0.1) is 23.7 Å². The van der Waals surface area contributed by atoms with E-state index in [-0.39, 0.29) is 30.0 Å². The zero-order chi connectivity index (χ0) is 16.1. The molecule has 6 nitrogen and oxygen atoms in total. The van der Waals surface area contributed by atoms with E-state index in [0.29, 0.717) is 16.7 Å². The Morgan fingerprint density at radius 2 is 2.08 bits per heavy atom. The van der Waals surface area contributed by atoms with E-state index >= 15 is 0 Å². The van der Waals surface area contributed by atoms with Crippen LogP contribution in [0.4, 0.5) is 5.69 Å². The highest BCUT2D eigenvalue weighted by Crippen LogP contribution is 2.38. The molecule has 1 aromatic carbocycles. The summed E-state index contributed by atoms with van der Waals surface area (Å²) in [6.07, 6.45) is 2.16. The standard InChI is InChI=1S/C16H17N3O3S.ClH/c17-13-3-1-9-7-18(8-12(9)13)16(20)15-6-10-5-11(19(21)22)2-4-14(10)23-15;/h2,4-6,9,12-13H,1,3,7-8,17H2;1H. The molecule has 4 rings (SSSR count). The van der Waals surface area contributed by atoms with E-state index in [1.807, 2.05) is 4.90 Å². The van der Waals surface area contributed by atoms with E-state index in [0.717, 1.165) is 36.0 Å². The first-order valence-electron chi connectivity index (χ1n) is 7.76. The minimum absolute atomic E-state index is 0. The predicted octanol–water partition coefficient (Wildman–Crippen LogP) is 3.04. The number of halogens is 1. The normalized spacial score (nSPS) is 25.5. The van der Waals surface area contributed by atoms with Crippen molar-refractivity contribution < 1.29 is 9.72 Å². The molecular weight excluding hydrogens is 350 g/mol. The Hall–Kier alpha value is -1.70. The number of likely N-dealkylation sites (tertiary alicyclic amines) is 1. The van der Waals surface area contributed by atoms with Crippen LogP contribution in [-0.2, 0) is 0 Å². The summed E-state index contributed by atoms with van der Waals surface area (Å²) >= 11 is 1.40. The van der Waals surface area contributed by atoms with Gasteiger partial charge in [-0.05, 0) is 36.8 Å². The molecule has 2 N–H and O–H groups in total. The zero-order valence-corrected chi connectivity index (χ0v) is 14.5. The summed E-state index contributed by atoms with van der Waals surface area (Å²) in [5.74, 6) is 0.981. The number of thiophene rings is 1. The fourth-order valence-corrected chi connectivity index (χ4v) is 4.89. The fourth-order valence-electron chi connectivity index (χ4n) is 3.88. The van der Waals surface area contributed by atoms with Gasteiger partial charge in [-0.2, -0.15) is 0 Å². The Balaban J connectivity index is 0.00000169. The number of non-ortho nitro benzene ring substituents is 1. The minimum atomic E-state index is -0.415. The lowest BCUT2D eigenvalue weighted by Crippen LogP contribution is -2.33. The first-order chi connectivity index (χ1) is 11.0. The molecule has 24 heavy (non-hydrogen) atoms. The maximum atomic E-state index is 12.7. The fraction of sp³-hybridized carbons (Fsp3) is 0.438. The SMILES string of the molecule is Cl.NC1CCC2CN(C(=O)c3cc4cc([N+](=O)[O-])ccc4s3)CC12. The number of nitrogens with two attached hydrogens (primary N) is 1.